The molecule has 0 radical (unpaired) electrons. The van der Waals surface area contributed by atoms with E-state index in [9.17, 15) is 4.79 Å². The Hall–Kier alpha value is -3.68. The number of pyridine rings is 1. The molecule has 0 fully saturated rings. The summed E-state index contributed by atoms with van der Waals surface area (Å²) in [4.78, 5) is 18.1. The topological polar surface area (TPSA) is 86.9 Å². The van der Waals surface area contributed by atoms with Crippen molar-refractivity contribution in [3.05, 3.63) is 59.0 Å². The Morgan fingerprint density at radius 2 is 1.85 bits per heavy atom. The highest BCUT2D eigenvalue weighted by molar-refractivity contribution is 6.07. The van der Waals surface area contributed by atoms with Crippen LogP contribution >= 0.6 is 0 Å². The lowest BCUT2D eigenvalue weighted by molar-refractivity contribution is 0.0953. The maximum Gasteiger partial charge on any atom is 0.252 e. The number of amides is 1. The van der Waals surface area contributed by atoms with Crippen LogP contribution in [0.25, 0.3) is 22.3 Å². The van der Waals surface area contributed by atoms with Gasteiger partial charge in [-0.25, -0.2) is 4.98 Å². The number of carbonyl (C=O) groups is 1. The highest BCUT2D eigenvalue weighted by Crippen LogP contribution is 2.28. The fourth-order valence-corrected chi connectivity index (χ4v) is 4.24. The highest BCUT2D eigenvalue weighted by Gasteiger charge is 2.19. The quantitative estimate of drug-likeness (QED) is 0.461. The minimum atomic E-state index is -0.131. The molecule has 3 aromatic heterocycles. The summed E-state index contributed by atoms with van der Waals surface area (Å²) < 4.78 is 8.99. The van der Waals surface area contributed by atoms with Gasteiger partial charge in [-0.05, 0) is 70.5 Å². The Balaban J connectivity index is 1.60. The lowest BCUT2D eigenvalue weighted by atomic mass is 10.0. The number of benzene rings is 1. The van der Waals surface area contributed by atoms with Crippen molar-refractivity contribution in [1.82, 2.24) is 29.9 Å². The van der Waals surface area contributed by atoms with E-state index in [-0.39, 0.29) is 11.9 Å². The molecule has 1 amide bonds. The highest BCUT2D eigenvalue weighted by atomic mass is 16.5. The van der Waals surface area contributed by atoms with Gasteiger partial charge >= 0.3 is 0 Å². The van der Waals surface area contributed by atoms with Gasteiger partial charge in [0.15, 0.2) is 5.65 Å². The summed E-state index contributed by atoms with van der Waals surface area (Å²) >= 11 is 0. The zero-order valence-electron chi connectivity index (χ0n) is 20.0. The number of aromatic nitrogens is 5. The molecule has 0 spiro atoms. The molecule has 8 nitrogen and oxygen atoms in total. The third-order valence-corrected chi connectivity index (χ3v) is 5.91. The maximum atomic E-state index is 13.3. The standard InChI is InChI=1S/C25H30N6O2/c1-15-13-17(3)31(28-15)16(2)11-12-26-25(32)21-14-22(19-7-9-20(33-6)10-8-19)27-24-23(21)18(4)29-30(24)5/h7-10,13-14,16H,11-12H2,1-6H3,(H,26,32)/t16-/m1/s1. The molecular formula is C25H30N6O2. The molecule has 0 aliphatic rings. The number of hydrogen-bond acceptors (Lipinski definition) is 5. The van der Waals surface area contributed by atoms with Crippen LogP contribution in [0.5, 0.6) is 5.75 Å². The Morgan fingerprint density at radius 1 is 1.12 bits per heavy atom. The SMILES string of the molecule is COc1ccc(-c2cc(C(=O)NCC[C@@H](C)n3nc(C)cc3C)c3c(C)nn(C)c3n2)cc1. The molecule has 3 heterocycles. The Bertz CT molecular complexity index is 1300. The number of nitrogens with zero attached hydrogens (tertiary/aromatic N) is 5. The second kappa shape index (κ2) is 9.05. The van der Waals surface area contributed by atoms with Crippen molar-refractivity contribution < 1.29 is 9.53 Å². The fraction of sp³-hybridized carbons (Fsp3) is 0.360. The average Bonchev–Trinajstić information content (AvgIpc) is 3.30. The van der Waals surface area contributed by atoms with Gasteiger partial charge in [-0.15, -0.1) is 0 Å². The number of fused-ring (bicyclic) bond motifs is 1. The van der Waals surface area contributed by atoms with E-state index >= 15 is 0 Å². The fourth-order valence-electron chi connectivity index (χ4n) is 4.24. The molecule has 1 aromatic carbocycles. The van der Waals surface area contributed by atoms with E-state index in [0.29, 0.717) is 23.4 Å². The van der Waals surface area contributed by atoms with Crippen molar-refractivity contribution in [2.45, 2.75) is 40.2 Å². The summed E-state index contributed by atoms with van der Waals surface area (Å²) in [5, 5.41) is 12.9. The normalized spacial score (nSPS) is 12.2. The molecule has 0 aliphatic heterocycles. The van der Waals surface area contributed by atoms with Crippen molar-refractivity contribution in [2.24, 2.45) is 7.05 Å². The van der Waals surface area contributed by atoms with Crippen LogP contribution in [0.2, 0.25) is 0 Å². The summed E-state index contributed by atoms with van der Waals surface area (Å²) in [6, 6.07) is 11.7. The number of carbonyl (C=O) groups excluding carboxylic acids is 1. The van der Waals surface area contributed by atoms with Gasteiger partial charge in [0, 0.05) is 24.8 Å². The predicted octanol–water partition coefficient (Wildman–Crippen LogP) is 4.15. The molecule has 0 unspecified atom stereocenters. The summed E-state index contributed by atoms with van der Waals surface area (Å²) in [5.41, 5.74) is 5.79. The van der Waals surface area contributed by atoms with Crippen LogP contribution in [0.4, 0.5) is 0 Å². The number of methoxy groups -OCH3 is 1. The van der Waals surface area contributed by atoms with Crippen LogP contribution in [0.3, 0.4) is 0 Å². The summed E-state index contributed by atoms with van der Waals surface area (Å²) in [7, 11) is 3.48. The number of hydrogen-bond donors (Lipinski definition) is 1. The van der Waals surface area contributed by atoms with E-state index in [0.717, 1.165) is 40.2 Å². The molecule has 0 bridgehead atoms. The minimum absolute atomic E-state index is 0.131. The molecular weight excluding hydrogens is 416 g/mol. The van der Waals surface area contributed by atoms with Gasteiger partial charge in [0.05, 0.1) is 41.2 Å². The van der Waals surface area contributed by atoms with Gasteiger partial charge in [0.25, 0.3) is 5.91 Å². The number of nitrogens with one attached hydrogen (secondary N) is 1. The summed E-state index contributed by atoms with van der Waals surface area (Å²) in [5.74, 6) is 0.639. The lowest BCUT2D eigenvalue weighted by Crippen LogP contribution is -2.27. The molecule has 33 heavy (non-hydrogen) atoms. The molecule has 1 atom stereocenters. The van der Waals surface area contributed by atoms with Crippen LogP contribution in [-0.4, -0.2) is 44.1 Å². The molecule has 4 rings (SSSR count). The van der Waals surface area contributed by atoms with E-state index in [2.05, 4.69) is 35.4 Å². The predicted molar refractivity (Wildman–Crippen MR) is 129 cm³/mol. The second-order valence-electron chi connectivity index (χ2n) is 8.46. The van der Waals surface area contributed by atoms with Gasteiger partial charge < -0.3 is 10.1 Å². The molecule has 8 heteroatoms. The monoisotopic (exact) mass is 446 g/mol. The van der Waals surface area contributed by atoms with E-state index in [1.54, 1.807) is 11.8 Å². The summed E-state index contributed by atoms with van der Waals surface area (Å²) in [6.45, 7) is 8.60. The molecule has 172 valence electrons. The molecule has 0 saturated carbocycles. The number of aryl methyl sites for hydroxylation is 4. The van der Waals surface area contributed by atoms with E-state index in [1.165, 1.54) is 0 Å². The largest absolute Gasteiger partial charge is 0.497 e. The molecule has 4 aromatic rings. The van der Waals surface area contributed by atoms with Crippen LogP contribution in [0.1, 0.15) is 46.8 Å². The molecule has 0 saturated heterocycles. The van der Waals surface area contributed by atoms with Crippen LogP contribution in [0.15, 0.2) is 36.4 Å². The van der Waals surface area contributed by atoms with Gasteiger partial charge in [0.1, 0.15) is 5.75 Å². The smallest absolute Gasteiger partial charge is 0.252 e. The number of rotatable bonds is 7. The molecule has 1 N–H and O–H groups in total. The average molecular weight is 447 g/mol. The van der Waals surface area contributed by atoms with Gasteiger partial charge in [-0.3, -0.25) is 14.2 Å². The zero-order chi connectivity index (χ0) is 23.7. The molecule has 0 aliphatic carbocycles. The van der Waals surface area contributed by atoms with Crippen molar-refractivity contribution in [2.75, 3.05) is 13.7 Å². The second-order valence-corrected chi connectivity index (χ2v) is 8.46. The van der Waals surface area contributed by atoms with Gasteiger partial charge in [0.2, 0.25) is 0 Å². The van der Waals surface area contributed by atoms with Crippen molar-refractivity contribution in [3.63, 3.8) is 0 Å². The van der Waals surface area contributed by atoms with E-state index < -0.39 is 0 Å². The van der Waals surface area contributed by atoms with Crippen molar-refractivity contribution in [3.8, 4) is 17.0 Å². The van der Waals surface area contributed by atoms with Crippen LogP contribution < -0.4 is 10.1 Å². The number of ether oxygens (including phenoxy) is 1. The Morgan fingerprint density at radius 3 is 2.48 bits per heavy atom. The summed E-state index contributed by atoms with van der Waals surface area (Å²) in [6.07, 6.45) is 0.777. The first kappa shape index (κ1) is 22.5. The first-order valence-electron chi connectivity index (χ1n) is 11.1. The van der Waals surface area contributed by atoms with Crippen LogP contribution in [0, 0.1) is 20.8 Å². The van der Waals surface area contributed by atoms with Crippen molar-refractivity contribution >= 4 is 16.9 Å². The minimum Gasteiger partial charge on any atom is -0.497 e. The van der Waals surface area contributed by atoms with E-state index in [1.807, 2.05) is 55.9 Å². The van der Waals surface area contributed by atoms with Crippen molar-refractivity contribution in [1.29, 1.82) is 0 Å². The Labute approximate surface area is 193 Å². The van der Waals surface area contributed by atoms with E-state index in [4.69, 9.17) is 9.72 Å². The first-order chi connectivity index (χ1) is 15.8. The Kier molecular flexibility index (Phi) is 6.18. The zero-order valence-corrected chi connectivity index (χ0v) is 20.0. The van der Waals surface area contributed by atoms with Crippen LogP contribution in [-0.2, 0) is 7.05 Å². The maximum absolute atomic E-state index is 13.3. The van der Waals surface area contributed by atoms with Gasteiger partial charge in [-0.1, -0.05) is 0 Å². The third-order valence-electron chi connectivity index (χ3n) is 5.91. The third kappa shape index (κ3) is 4.46. The first-order valence-corrected chi connectivity index (χ1v) is 11.1. The lowest BCUT2D eigenvalue weighted by Gasteiger charge is -2.15. The van der Waals surface area contributed by atoms with Gasteiger partial charge in [-0.2, -0.15) is 10.2 Å².